The van der Waals surface area contributed by atoms with E-state index in [0.717, 1.165) is 11.0 Å². The number of hydrogen-bond acceptors (Lipinski definition) is 8. The second-order valence-corrected chi connectivity index (χ2v) is 8.03. The minimum atomic E-state index is -0.175. The Kier molecular flexibility index (Phi) is 6.93. The molecule has 28 heavy (non-hydrogen) atoms. The molecule has 1 aromatic carbocycles. The summed E-state index contributed by atoms with van der Waals surface area (Å²) in [7, 11) is 0. The van der Waals surface area contributed by atoms with Crippen molar-refractivity contribution in [1.82, 2.24) is 30.1 Å². The topological polar surface area (TPSA) is 106 Å². The Labute approximate surface area is 170 Å². The van der Waals surface area contributed by atoms with E-state index in [1.54, 1.807) is 9.58 Å². The number of nitrogens with one attached hydrogen (secondary N) is 1. The second kappa shape index (κ2) is 9.60. The molecule has 2 heterocycles. The molecule has 2 amide bonds. The van der Waals surface area contributed by atoms with E-state index >= 15 is 0 Å². The fraction of sp³-hybridized carbons (Fsp3) is 0.412. The van der Waals surface area contributed by atoms with Crippen LogP contribution >= 0.6 is 23.1 Å². The molecular weight excluding hydrogens is 398 g/mol. The molecule has 2 aromatic heterocycles. The van der Waals surface area contributed by atoms with Gasteiger partial charge in [0.2, 0.25) is 16.9 Å². The normalized spacial score (nSPS) is 10.9. The highest BCUT2D eigenvalue weighted by atomic mass is 32.2. The molecule has 1 N–H and O–H groups in total. The molecule has 0 fully saturated rings. The summed E-state index contributed by atoms with van der Waals surface area (Å²) < 4.78 is 2.35. The summed E-state index contributed by atoms with van der Waals surface area (Å²) in [5, 5.41) is 19.3. The highest BCUT2D eigenvalue weighted by Crippen LogP contribution is 2.25. The molecule has 3 aromatic rings. The lowest BCUT2D eigenvalue weighted by Crippen LogP contribution is -2.31. The lowest BCUT2D eigenvalue weighted by molar-refractivity contribution is -0.128. The number of carbonyl (C=O) groups is 2. The Hall–Kier alpha value is -2.53. The molecule has 0 aliphatic carbocycles. The predicted molar refractivity (Wildman–Crippen MR) is 109 cm³/mol. The number of thioether (sulfide) groups is 1. The quantitative estimate of drug-likeness (QED) is 0.419. The molecule has 3 rings (SSSR count). The van der Waals surface area contributed by atoms with Crippen LogP contribution in [0.1, 0.15) is 20.3 Å². The van der Waals surface area contributed by atoms with Crippen molar-refractivity contribution in [2.45, 2.75) is 31.2 Å². The number of aryl methyl sites for hydroxylation is 1. The van der Waals surface area contributed by atoms with Crippen molar-refractivity contribution in [3.8, 4) is 0 Å². The van der Waals surface area contributed by atoms with Gasteiger partial charge in [0, 0.05) is 19.5 Å². The minimum Gasteiger partial charge on any atom is -0.343 e. The van der Waals surface area contributed by atoms with Crippen molar-refractivity contribution >= 4 is 51.1 Å². The van der Waals surface area contributed by atoms with E-state index in [1.807, 2.05) is 38.1 Å². The molecule has 0 unspecified atom stereocenters. The summed E-state index contributed by atoms with van der Waals surface area (Å²) in [6.07, 6.45) is 0.246. The smallest absolute Gasteiger partial charge is 0.233 e. The first kappa shape index (κ1) is 20.2. The SMILES string of the molecule is CCN(CC)C(=O)CSc1nnc(NC(=O)CCn2nnc3ccccc32)s1. The second-order valence-electron chi connectivity index (χ2n) is 5.83. The third-order valence-corrected chi connectivity index (χ3v) is 6.02. The lowest BCUT2D eigenvalue weighted by Gasteiger charge is -2.17. The van der Waals surface area contributed by atoms with Crippen LogP contribution in [0.5, 0.6) is 0 Å². The zero-order chi connectivity index (χ0) is 19.9. The Morgan fingerprint density at radius 3 is 2.75 bits per heavy atom. The van der Waals surface area contributed by atoms with Crippen molar-refractivity contribution < 1.29 is 9.59 Å². The Morgan fingerprint density at radius 1 is 1.18 bits per heavy atom. The van der Waals surface area contributed by atoms with Gasteiger partial charge in [0.1, 0.15) is 5.52 Å². The monoisotopic (exact) mass is 419 g/mol. The number of amides is 2. The average Bonchev–Trinajstić information content (AvgIpc) is 3.32. The van der Waals surface area contributed by atoms with Gasteiger partial charge in [0.05, 0.1) is 17.8 Å². The summed E-state index contributed by atoms with van der Waals surface area (Å²) in [6.45, 7) is 5.70. The van der Waals surface area contributed by atoms with Gasteiger partial charge in [-0.1, -0.05) is 40.4 Å². The first-order valence-corrected chi connectivity index (χ1v) is 10.7. The minimum absolute atomic E-state index is 0.0656. The summed E-state index contributed by atoms with van der Waals surface area (Å²) in [5.41, 5.74) is 1.69. The fourth-order valence-electron chi connectivity index (χ4n) is 2.58. The highest BCUT2D eigenvalue weighted by molar-refractivity contribution is 8.01. The number of para-hydroxylation sites is 1. The van der Waals surface area contributed by atoms with E-state index in [-0.39, 0.29) is 18.2 Å². The zero-order valence-electron chi connectivity index (χ0n) is 15.7. The Bertz CT molecular complexity index is 952. The molecule has 0 aliphatic heterocycles. The standard InChI is InChI=1S/C17H21N7O2S2/c1-3-23(4-2)15(26)11-27-17-21-20-16(28-17)18-14(25)9-10-24-13-8-6-5-7-12(13)19-22-24/h5-8H,3-4,9-11H2,1-2H3,(H,18,20,25). The molecular formula is C17H21N7O2S2. The first-order chi connectivity index (χ1) is 13.6. The van der Waals surface area contributed by atoms with Crippen molar-refractivity contribution in [3.05, 3.63) is 24.3 Å². The van der Waals surface area contributed by atoms with Crippen LogP contribution in [0.25, 0.3) is 11.0 Å². The number of nitrogens with zero attached hydrogens (tertiary/aromatic N) is 6. The number of hydrogen-bond donors (Lipinski definition) is 1. The number of rotatable bonds is 9. The molecule has 9 nitrogen and oxygen atoms in total. The van der Waals surface area contributed by atoms with Gasteiger partial charge in [-0.05, 0) is 26.0 Å². The maximum Gasteiger partial charge on any atom is 0.233 e. The summed E-state index contributed by atoms with van der Waals surface area (Å²) in [5.74, 6) is 0.200. The van der Waals surface area contributed by atoms with Gasteiger partial charge in [-0.15, -0.1) is 15.3 Å². The molecule has 0 spiro atoms. The largest absolute Gasteiger partial charge is 0.343 e. The fourth-order valence-corrected chi connectivity index (χ4v) is 4.25. The van der Waals surface area contributed by atoms with Crippen molar-refractivity contribution in [2.75, 3.05) is 24.2 Å². The summed E-state index contributed by atoms with van der Waals surface area (Å²) in [4.78, 5) is 26.0. The van der Waals surface area contributed by atoms with Crippen LogP contribution in [-0.2, 0) is 16.1 Å². The van der Waals surface area contributed by atoms with Crippen LogP contribution in [0.2, 0.25) is 0 Å². The Morgan fingerprint density at radius 2 is 1.96 bits per heavy atom. The van der Waals surface area contributed by atoms with Crippen LogP contribution in [0.15, 0.2) is 28.6 Å². The maximum atomic E-state index is 12.2. The molecule has 0 atom stereocenters. The van der Waals surface area contributed by atoms with E-state index in [4.69, 9.17) is 0 Å². The van der Waals surface area contributed by atoms with E-state index in [2.05, 4.69) is 25.8 Å². The molecule has 11 heteroatoms. The van der Waals surface area contributed by atoms with Crippen LogP contribution in [-0.4, -0.2) is 60.7 Å². The number of benzene rings is 1. The third kappa shape index (κ3) is 5.04. The van der Waals surface area contributed by atoms with Gasteiger partial charge >= 0.3 is 0 Å². The molecule has 0 saturated heterocycles. The van der Waals surface area contributed by atoms with E-state index in [1.165, 1.54) is 23.1 Å². The predicted octanol–water partition coefficient (Wildman–Crippen LogP) is 2.27. The van der Waals surface area contributed by atoms with Gasteiger partial charge in [-0.2, -0.15) is 0 Å². The van der Waals surface area contributed by atoms with Crippen molar-refractivity contribution in [2.24, 2.45) is 0 Å². The van der Waals surface area contributed by atoms with Gasteiger partial charge in [-0.3, -0.25) is 9.59 Å². The van der Waals surface area contributed by atoms with Crippen molar-refractivity contribution in [1.29, 1.82) is 0 Å². The van der Waals surface area contributed by atoms with E-state index in [0.29, 0.717) is 34.9 Å². The van der Waals surface area contributed by atoms with Gasteiger partial charge in [0.15, 0.2) is 4.34 Å². The average molecular weight is 420 g/mol. The number of aromatic nitrogens is 5. The van der Waals surface area contributed by atoms with Crippen LogP contribution in [0.3, 0.4) is 0 Å². The molecule has 0 bridgehead atoms. The van der Waals surface area contributed by atoms with Crippen LogP contribution in [0, 0.1) is 0 Å². The third-order valence-electron chi connectivity index (χ3n) is 4.06. The lowest BCUT2D eigenvalue weighted by atomic mass is 10.3. The van der Waals surface area contributed by atoms with Gasteiger partial charge in [-0.25, -0.2) is 4.68 Å². The van der Waals surface area contributed by atoms with Gasteiger partial charge in [0.25, 0.3) is 0 Å². The number of fused-ring (bicyclic) bond motifs is 1. The number of carbonyl (C=O) groups excluding carboxylic acids is 2. The maximum absolute atomic E-state index is 12.2. The molecule has 0 radical (unpaired) electrons. The summed E-state index contributed by atoms with van der Waals surface area (Å²) >= 11 is 2.59. The van der Waals surface area contributed by atoms with Gasteiger partial charge < -0.3 is 10.2 Å². The van der Waals surface area contributed by atoms with E-state index in [9.17, 15) is 9.59 Å². The molecule has 148 valence electrons. The molecule has 0 aliphatic rings. The van der Waals surface area contributed by atoms with Crippen LogP contribution in [0.4, 0.5) is 5.13 Å². The zero-order valence-corrected chi connectivity index (χ0v) is 17.3. The summed E-state index contributed by atoms with van der Waals surface area (Å²) in [6, 6.07) is 7.60. The Balaban J connectivity index is 1.48. The highest BCUT2D eigenvalue weighted by Gasteiger charge is 2.14. The number of anilines is 1. The van der Waals surface area contributed by atoms with Crippen molar-refractivity contribution in [3.63, 3.8) is 0 Å². The van der Waals surface area contributed by atoms with Crippen LogP contribution < -0.4 is 5.32 Å². The van der Waals surface area contributed by atoms with E-state index < -0.39 is 0 Å². The first-order valence-electron chi connectivity index (χ1n) is 8.92. The molecule has 0 saturated carbocycles.